The van der Waals surface area contributed by atoms with E-state index in [0.717, 1.165) is 44.7 Å². The average molecular weight is 506 g/mol. The van der Waals surface area contributed by atoms with Crippen molar-refractivity contribution in [3.63, 3.8) is 0 Å². The van der Waals surface area contributed by atoms with Crippen LogP contribution in [0.25, 0.3) is 10.2 Å². The van der Waals surface area contributed by atoms with E-state index in [9.17, 15) is 0 Å². The molecule has 0 aliphatic heterocycles. The van der Waals surface area contributed by atoms with Gasteiger partial charge >= 0.3 is 0 Å². The van der Waals surface area contributed by atoms with Crippen molar-refractivity contribution in [2.75, 3.05) is 6.54 Å². The van der Waals surface area contributed by atoms with E-state index in [1.54, 1.807) is 11.3 Å². The van der Waals surface area contributed by atoms with E-state index in [-0.39, 0.29) is 24.0 Å². The van der Waals surface area contributed by atoms with Gasteiger partial charge < -0.3 is 15.2 Å². The summed E-state index contributed by atoms with van der Waals surface area (Å²) in [6, 6.07) is 5.76. The van der Waals surface area contributed by atoms with E-state index in [1.807, 2.05) is 39.0 Å². The standard InChI is InChI=1S/C17H20ClN5OS.HI/c1-4-19-17(20-8-13-10(2)23-24-11(13)3)21-9-16-22-14-7-12(18)5-6-15(14)25-16;/h5-7H,4,8-9H2,1-3H3,(H2,19,20,21);1H. The highest BCUT2D eigenvalue weighted by atomic mass is 127. The Morgan fingerprint density at radius 1 is 1.31 bits per heavy atom. The van der Waals surface area contributed by atoms with E-state index >= 15 is 0 Å². The summed E-state index contributed by atoms with van der Waals surface area (Å²) in [6.45, 7) is 7.76. The highest BCUT2D eigenvalue weighted by Gasteiger charge is 2.09. The number of rotatable bonds is 5. The molecule has 0 unspecified atom stereocenters. The van der Waals surface area contributed by atoms with Crippen LogP contribution in [0.3, 0.4) is 0 Å². The molecule has 0 spiro atoms. The minimum Gasteiger partial charge on any atom is -0.361 e. The third-order valence-electron chi connectivity index (χ3n) is 3.72. The molecule has 0 amide bonds. The first-order valence-electron chi connectivity index (χ1n) is 8.05. The second-order valence-corrected chi connectivity index (χ2v) is 7.12. The molecule has 2 heterocycles. The van der Waals surface area contributed by atoms with Crippen molar-refractivity contribution >= 4 is 63.1 Å². The maximum atomic E-state index is 6.02. The number of benzene rings is 1. The first-order valence-corrected chi connectivity index (χ1v) is 9.25. The van der Waals surface area contributed by atoms with Crippen LogP contribution >= 0.6 is 46.9 Å². The zero-order chi connectivity index (χ0) is 17.8. The number of halogens is 2. The summed E-state index contributed by atoms with van der Waals surface area (Å²) < 4.78 is 6.30. The molecule has 0 bridgehead atoms. The maximum Gasteiger partial charge on any atom is 0.191 e. The zero-order valence-corrected chi connectivity index (χ0v) is 18.7. The SMILES string of the molecule is CCNC(=NCc1c(C)noc1C)NCc1nc2cc(Cl)ccc2s1.I. The van der Waals surface area contributed by atoms with Crippen molar-refractivity contribution in [1.82, 2.24) is 20.8 Å². The Morgan fingerprint density at radius 2 is 2.12 bits per heavy atom. The van der Waals surface area contributed by atoms with Crippen molar-refractivity contribution < 1.29 is 4.52 Å². The normalized spacial score (nSPS) is 11.5. The lowest BCUT2D eigenvalue weighted by molar-refractivity contribution is 0.392. The minimum atomic E-state index is 0. The second kappa shape index (κ2) is 9.52. The fraction of sp³-hybridized carbons (Fsp3) is 0.353. The molecule has 2 N–H and O–H groups in total. The lowest BCUT2D eigenvalue weighted by atomic mass is 10.2. The number of fused-ring (bicyclic) bond motifs is 1. The lowest BCUT2D eigenvalue weighted by Crippen LogP contribution is -2.36. The van der Waals surface area contributed by atoms with Crippen LogP contribution in [0.5, 0.6) is 0 Å². The van der Waals surface area contributed by atoms with Crippen molar-refractivity contribution in [3.8, 4) is 0 Å². The van der Waals surface area contributed by atoms with Crippen LogP contribution in [0, 0.1) is 13.8 Å². The summed E-state index contributed by atoms with van der Waals surface area (Å²) in [5, 5.41) is 12.2. The number of nitrogens with zero attached hydrogens (tertiary/aromatic N) is 3. The number of guanidine groups is 1. The van der Waals surface area contributed by atoms with Crippen LogP contribution in [0.15, 0.2) is 27.7 Å². The van der Waals surface area contributed by atoms with E-state index in [1.165, 1.54) is 0 Å². The summed E-state index contributed by atoms with van der Waals surface area (Å²) >= 11 is 7.67. The number of nitrogens with one attached hydrogen (secondary N) is 2. The first-order chi connectivity index (χ1) is 12.1. The Morgan fingerprint density at radius 3 is 2.81 bits per heavy atom. The molecule has 0 aliphatic rings. The van der Waals surface area contributed by atoms with Gasteiger partial charge in [0.2, 0.25) is 0 Å². The molecule has 0 fully saturated rings. The Kier molecular flexibility index (Phi) is 7.66. The van der Waals surface area contributed by atoms with Gasteiger partial charge in [-0.25, -0.2) is 9.98 Å². The highest BCUT2D eigenvalue weighted by Crippen LogP contribution is 2.24. The topological polar surface area (TPSA) is 75.3 Å². The Hall–Kier alpha value is -1.39. The number of thiazole rings is 1. The summed E-state index contributed by atoms with van der Waals surface area (Å²) in [5.41, 5.74) is 2.82. The van der Waals surface area contributed by atoms with Crippen LogP contribution in [0.4, 0.5) is 0 Å². The van der Waals surface area contributed by atoms with Gasteiger partial charge in [0.1, 0.15) is 10.8 Å². The molecule has 0 radical (unpaired) electrons. The predicted molar refractivity (Wildman–Crippen MR) is 118 cm³/mol. The number of hydrogen-bond donors (Lipinski definition) is 2. The Labute approximate surface area is 178 Å². The number of aliphatic imine (C=N–C) groups is 1. The van der Waals surface area contributed by atoms with Gasteiger partial charge in [-0.2, -0.15) is 0 Å². The second-order valence-electron chi connectivity index (χ2n) is 5.57. The Balaban J connectivity index is 0.00000243. The quantitative estimate of drug-likeness (QED) is 0.305. The predicted octanol–water partition coefficient (Wildman–Crippen LogP) is 4.43. The number of hydrogen-bond acceptors (Lipinski definition) is 5. The van der Waals surface area contributed by atoms with Crippen LogP contribution in [0.2, 0.25) is 5.02 Å². The van der Waals surface area contributed by atoms with Gasteiger partial charge in [-0.05, 0) is 39.0 Å². The van der Waals surface area contributed by atoms with Gasteiger partial charge in [-0.1, -0.05) is 16.8 Å². The monoisotopic (exact) mass is 505 g/mol. The third-order valence-corrected chi connectivity index (χ3v) is 4.99. The van der Waals surface area contributed by atoms with Crippen LogP contribution in [-0.2, 0) is 13.1 Å². The molecule has 0 saturated heterocycles. The molecule has 140 valence electrons. The van der Waals surface area contributed by atoms with Gasteiger partial charge in [0, 0.05) is 17.1 Å². The molecule has 26 heavy (non-hydrogen) atoms. The molecule has 1 aromatic carbocycles. The largest absolute Gasteiger partial charge is 0.361 e. The summed E-state index contributed by atoms with van der Waals surface area (Å²) in [5.74, 6) is 1.54. The van der Waals surface area contributed by atoms with Crippen LogP contribution in [0.1, 0.15) is 28.9 Å². The minimum absolute atomic E-state index is 0. The molecule has 2 aromatic heterocycles. The third kappa shape index (κ3) is 5.08. The molecular formula is C17H21ClIN5OS. The lowest BCUT2D eigenvalue weighted by Gasteiger charge is -2.09. The molecule has 6 nitrogen and oxygen atoms in total. The first kappa shape index (κ1) is 20.9. The van der Waals surface area contributed by atoms with E-state index in [0.29, 0.717) is 18.1 Å². The van der Waals surface area contributed by atoms with Gasteiger partial charge in [0.05, 0.1) is 29.0 Å². The van der Waals surface area contributed by atoms with Crippen LogP contribution in [-0.4, -0.2) is 22.6 Å². The highest BCUT2D eigenvalue weighted by molar-refractivity contribution is 14.0. The molecule has 0 saturated carbocycles. The molecule has 9 heteroatoms. The van der Waals surface area contributed by atoms with Crippen LogP contribution < -0.4 is 10.6 Å². The van der Waals surface area contributed by atoms with Gasteiger partial charge in [0.25, 0.3) is 0 Å². The van der Waals surface area contributed by atoms with Crippen molar-refractivity contribution in [2.45, 2.75) is 33.9 Å². The average Bonchev–Trinajstić information content (AvgIpc) is 3.13. The summed E-state index contributed by atoms with van der Waals surface area (Å²) in [6.07, 6.45) is 0. The fourth-order valence-corrected chi connectivity index (χ4v) is 3.46. The fourth-order valence-electron chi connectivity index (χ4n) is 2.41. The summed E-state index contributed by atoms with van der Waals surface area (Å²) in [4.78, 5) is 9.22. The summed E-state index contributed by atoms with van der Waals surface area (Å²) in [7, 11) is 0. The van der Waals surface area contributed by atoms with E-state index in [4.69, 9.17) is 16.1 Å². The van der Waals surface area contributed by atoms with E-state index in [2.05, 4.69) is 25.8 Å². The molecule has 3 rings (SSSR count). The number of aryl methyl sites for hydroxylation is 2. The smallest absolute Gasteiger partial charge is 0.191 e. The van der Waals surface area contributed by atoms with Gasteiger partial charge in [-0.15, -0.1) is 35.3 Å². The molecule has 0 aliphatic carbocycles. The van der Waals surface area contributed by atoms with E-state index < -0.39 is 0 Å². The van der Waals surface area contributed by atoms with Crippen molar-refractivity contribution in [1.29, 1.82) is 0 Å². The zero-order valence-electron chi connectivity index (χ0n) is 14.8. The maximum absolute atomic E-state index is 6.02. The molecular weight excluding hydrogens is 485 g/mol. The van der Waals surface area contributed by atoms with Gasteiger partial charge in [0.15, 0.2) is 5.96 Å². The number of aromatic nitrogens is 2. The molecule has 3 aromatic rings. The molecule has 0 atom stereocenters. The van der Waals surface area contributed by atoms with Crippen molar-refractivity contribution in [2.24, 2.45) is 4.99 Å². The van der Waals surface area contributed by atoms with Crippen molar-refractivity contribution in [3.05, 3.63) is 45.2 Å². The Bertz CT molecular complexity index is 888. The van der Waals surface area contributed by atoms with Gasteiger partial charge in [-0.3, -0.25) is 0 Å².